The first-order valence-electron chi connectivity index (χ1n) is 13.4. The van der Waals surface area contributed by atoms with Crippen molar-refractivity contribution in [3.8, 4) is 11.5 Å². The number of benzene rings is 3. The van der Waals surface area contributed by atoms with Crippen LogP contribution in [0.1, 0.15) is 29.8 Å². The highest BCUT2D eigenvalue weighted by Crippen LogP contribution is 2.29. The van der Waals surface area contributed by atoms with E-state index in [0.717, 1.165) is 22.2 Å². The summed E-state index contributed by atoms with van der Waals surface area (Å²) >= 11 is 4.04. The molecule has 0 spiro atoms. The second kappa shape index (κ2) is 15.9. The zero-order valence-corrected chi connectivity index (χ0v) is 26.9. The first-order chi connectivity index (χ1) is 21.3. The fourth-order valence-electron chi connectivity index (χ4n) is 3.78. The number of hydrogen-bond acceptors (Lipinski definition) is 10. The summed E-state index contributed by atoms with van der Waals surface area (Å²) in [6, 6.07) is 20.9. The summed E-state index contributed by atoms with van der Waals surface area (Å²) in [6.45, 7) is 3.82. The summed E-state index contributed by atoms with van der Waals surface area (Å²) in [5.41, 5.74) is 1.57. The first-order valence-corrected chi connectivity index (χ1v) is 16.1. The van der Waals surface area contributed by atoms with Crippen molar-refractivity contribution in [3.05, 3.63) is 89.6 Å². The first kappa shape index (κ1) is 32.6. The van der Waals surface area contributed by atoms with E-state index in [-0.39, 0.29) is 11.6 Å². The number of hydrogen-bond donors (Lipinski definition) is 3. The summed E-state index contributed by atoms with van der Waals surface area (Å²) in [5.74, 6) is 0.736. The molecule has 3 N–H and O–H groups in total. The third kappa shape index (κ3) is 9.09. The van der Waals surface area contributed by atoms with Crippen molar-refractivity contribution < 1.29 is 23.9 Å². The standard InChI is InChI=1S/C31H31N5O5S3/c1-5-42-31-35-30(44-36-31)34-27(37)19(2)43-23-14-12-22(13-15-23)32-29(39)24(33-28(38)21-9-7-6-8-10-21)17-20-11-16-25(40-3)26(18-20)41-4/h6-19H,5H2,1-4H3,(H,32,39)(H,33,38)(H,34,35,36,37)/b24-17-. The maximum atomic E-state index is 13.4. The summed E-state index contributed by atoms with van der Waals surface area (Å²) < 4.78 is 14.9. The second-order valence-corrected chi connectivity index (χ2v) is 12.4. The highest BCUT2D eigenvalue weighted by Gasteiger charge is 2.18. The molecule has 13 heteroatoms. The van der Waals surface area contributed by atoms with Crippen LogP contribution in [0.15, 0.2) is 88.5 Å². The van der Waals surface area contributed by atoms with Gasteiger partial charge >= 0.3 is 0 Å². The molecule has 1 heterocycles. The molecule has 4 rings (SSSR count). The molecular weight excluding hydrogens is 619 g/mol. The Bertz CT molecular complexity index is 1630. The molecule has 0 radical (unpaired) electrons. The van der Waals surface area contributed by atoms with E-state index >= 15 is 0 Å². The van der Waals surface area contributed by atoms with Crippen molar-refractivity contribution in [2.45, 2.75) is 29.1 Å². The number of aromatic nitrogens is 2. The summed E-state index contributed by atoms with van der Waals surface area (Å²) in [5, 5.41) is 9.09. The smallest absolute Gasteiger partial charge is 0.272 e. The molecule has 0 aliphatic heterocycles. The molecule has 1 unspecified atom stereocenters. The molecule has 10 nitrogen and oxygen atoms in total. The van der Waals surface area contributed by atoms with Gasteiger partial charge in [0.1, 0.15) is 5.70 Å². The molecule has 0 aliphatic rings. The topological polar surface area (TPSA) is 132 Å². The maximum absolute atomic E-state index is 13.4. The largest absolute Gasteiger partial charge is 0.493 e. The minimum atomic E-state index is -0.519. The molecule has 0 bridgehead atoms. The van der Waals surface area contributed by atoms with Gasteiger partial charge < -0.3 is 20.1 Å². The predicted molar refractivity (Wildman–Crippen MR) is 177 cm³/mol. The van der Waals surface area contributed by atoms with Gasteiger partial charge in [-0.05, 0) is 72.8 Å². The van der Waals surface area contributed by atoms with Crippen molar-refractivity contribution in [1.82, 2.24) is 14.7 Å². The summed E-state index contributed by atoms with van der Waals surface area (Å²) in [6.07, 6.45) is 1.56. The van der Waals surface area contributed by atoms with Gasteiger partial charge in [0.25, 0.3) is 11.8 Å². The Hall–Kier alpha value is -4.33. The van der Waals surface area contributed by atoms with Crippen LogP contribution in [0, 0.1) is 0 Å². The van der Waals surface area contributed by atoms with Crippen LogP contribution in [0.4, 0.5) is 10.8 Å². The molecule has 4 aromatic rings. The maximum Gasteiger partial charge on any atom is 0.272 e. The van der Waals surface area contributed by atoms with Crippen LogP contribution in [0.25, 0.3) is 6.08 Å². The highest BCUT2D eigenvalue weighted by molar-refractivity contribution is 8.00. The van der Waals surface area contributed by atoms with E-state index in [4.69, 9.17) is 9.47 Å². The number of carbonyl (C=O) groups is 3. The van der Waals surface area contributed by atoms with Crippen molar-refractivity contribution in [2.24, 2.45) is 0 Å². The van der Waals surface area contributed by atoms with Crippen LogP contribution < -0.4 is 25.4 Å². The van der Waals surface area contributed by atoms with E-state index in [0.29, 0.717) is 38.6 Å². The van der Waals surface area contributed by atoms with Gasteiger partial charge in [-0.1, -0.05) is 43.0 Å². The van der Waals surface area contributed by atoms with Gasteiger partial charge in [-0.15, -0.1) is 11.8 Å². The SMILES string of the molecule is CCSc1nsc(NC(=O)C(C)Sc2ccc(NC(=O)/C(=C/c3ccc(OC)c(OC)c3)NC(=O)c3ccccc3)cc2)n1. The molecule has 0 saturated carbocycles. The fourth-order valence-corrected chi connectivity index (χ4v) is 5.92. The zero-order chi connectivity index (χ0) is 31.5. The second-order valence-electron chi connectivity index (χ2n) is 9.04. The molecule has 3 aromatic carbocycles. The minimum absolute atomic E-state index is 0.0342. The number of nitrogens with one attached hydrogen (secondary N) is 3. The highest BCUT2D eigenvalue weighted by atomic mass is 32.2. The average Bonchev–Trinajstić information content (AvgIpc) is 3.48. The van der Waals surface area contributed by atoms with Crippen LogP contribution >= 0.6 is 35.1 Å². The van der Waals surface area contributed by atoms with E-state index in [1.54, 1.807) is 73.7 Å². The Labute approximate surface area is 268 Å². The Morgan fingerprint density at radius 1 is 0.955 bits per heavy atom. The van der Waals surface area contributed by atoms with Crippen LogP contribution in [-0.4, -0.2) is 52.3 Å². The number of ether oxygens (including phenoxy) is 2. The van der Waals surface area contributed by atoms with E-state index in [9.17, 15) is 14.4 Å². The molecule has 0 aliphatic carbocycles. The predicted octanol–water partition coefficient (Wildman–Crippen LogP) is 6.20. The normalized spacial score (nSPS) is 11.8. The third-order valence-electron chi connectivity index (χ3n) is 5.95. The lowest BCUT2D eigenvalue weighted by Crippen LogP contribution is -2.30. The van der Waals surface area contributed by atoms with E-state index < -0.39 is 17.1 Å². The zero-order valence-electron chi connectivity index (χ0n) is 24.5. The van der Waals surface area contributed by atoms with E-state index in [2.05, 4.69) is 25.3 Å². The van der Waals surface area contributed by atoms with Crippen molar-refractivity contribution in [3.63, 3.8) is 0 Å². The molecule has 228 valence electrons. The average molecular weight is 650 g/mol. The quantitative estimate of drug-likeness (QED) is 0.115. The minimum Gasteiger partial charge on any atom is -0.493 e. The van der Waals surface area contributed by atoms with Crippen molar-refractivity contribution in [2.75, 3.05) is 30.6 Å². The van der Waals surface area contributed by atoms with Gasteiger partial charge in [-0.25, -0.2) is 0 Å². The Balaban J connectivity index is 1.45. The monoisotopic (exact) mass is 649 g/mol. The van der Waals surface area contributed by atoms with Crippen molar-refractivity contribution in [1.29, 1.82) is 0 Å². The van der Waals surface area contributed by atoms with Crippen molar-refractivity contribution >= 4 is 69.7 Å². The third-order valence-corrected chi connectivity index (χ3v) is 8.54. The van der Waals surface area contributed by atoms with Gasteiger partial charge in [0.2, 0.25) is 16.2 Å². The molecule has 3 amide bonds. The van der Waals surface area contributed by atoms with Gasteiger partial charge in [0.05, 0.1) is 19.5 Å². The van der Waals surface area contributed by atoms with Crippen LogP contribution in [0.5, 0.6) is 11.5 Å². The van der Waals surface area contributed by atoms with E-state index in [1.807, 2.05) is 19.1 Å². The van der Waals surface area contributed by atoms with Crippen LogP contribution in [0.3, 0.4) is 0 Å². The Morgan fingerprint density at radius 2 is 1.68 bits per heavy atom. The molecule has 1 atom stereocenters. The van der Waals surface area contributed by atoms with E-state index in [1.165, 1.54) is 37.7 Å². The Morgan fingerprint density at radius 3 is 2.36 bits per heavy atom. The molecule has 0 fully saturated rings. The van der Waals surface area contributed by atoms with Gasteiger partial charge in [-0.3, -0.25) is 19.7 Å². The molecular formula is C31H31N5O5S3. The van der Waals surface area contributed by atoms with Crippen LogP contribution in [-0.2, 0) is 9.59 Å². The number of rotatable bonds is 13. The summed E-state index contributed by atoms with van der Waals surface area (Å²) in [7, 11) is 3.06. The Kier molecular flexibility index (Phi) is 11.8. The lowest BCUT2D eigenvalue weighted by atomic mass is 10.1. The number of thioether (sulfide) groups is 2. The number of amides is 3. The van der Waals surface area contributed by atoms with Gasteiger partial charge in [-0.2, -0.15) is 9.36 Å². The summed E-state index contributed by atoms with van der Waals surface area (Å²) in [4.78, 5) is 44.2. The van der Waals surface area contributed by atoms with Crippen LogP contribution in [0.2, 0.25) is 0 Å². The molecule has 1 aromatic heterocycles. The number of carbonyl (C=O) groups excluding carboxylic acids is 3. The fraction of sp³-hybridized carbons (Fsp3) is 0.194. The number of nitrogens with zero attached hydrogens (tertiary/aromatic N) is 2. The molecule has 44 heavy (non-hydrogen) atoms. The van der Waals surface area contributed by atoms with Gasteiger partial charge in [0, 0.05) is 27.7 Å². The number of anilines is 2. The van der Waals surface area contributed by atoms with Gasteiger partial charge in [0.15, 0.2) is 11.5 Å². The number of methoxy groups -OCH3 is 2. The lowest BCUT2D eigenvalue weighted by molar-refractivity contribution is -0.115. The molecule has 0 saturated heterocycles. The lowest BCUT2D eigenvalue weighted by Gasteiger charge is -2.13.